The number of alkyl carbamates (subject to hydrolysis) is 1. The Balaban J connectivity index is 1.79. The standard InChI is InChI=1S/C27H31FN6O3/c1-17-19(14-29)23-31-22(20(35)13-28)32-34(23)24(21(17)18-9-7-6-8-10-18)33-12-11-27(5,16-33)15-30-25(36)37-26(2,3)4/h6-10H,11-13,15-16H2,1-5H3,(H,30,36)/t27-/m0/s1. The summed E-state index contributed by atoms with van der Waals surface area (Å²) in [6.45, 7) is 9.75. The van der Waals surface area contributed by atoms with E-state index in [-0.39, 0.29) is 22.5 Å². The van der Waals surface area contributed by atoms with Gasteiger partial charge in [0, 0.05) is 30.6 Å². The normalized spacial score (nSPS) is 17.6. The van der Waals surface area contributed by atoms with Gasteiger partial charge >= 0.3 is 6.09 Å². The number of nitrogens with zero attached hydrogens (tertiary/aromatic N) is 5. The zero-order valence-corrected chi connectivity index (χ0v) is 21.8. The first-order valence-corrected chi connectivity index (χ1v) is 12.2. The molecule has 0 radical (unpaired) electrons. The van der Waals surface area contributed by atoms with Gasteiger partial charge in [-0.3, -0.25) is 4.79 Å². The smallest absolute Gasteiger partial charge is 0.407 e. The summed E-state index contributed by atoms with van der Waals surface area (Å²) < 4.78 is 20.1. The number of hydrogen-bond acceptors (Lipinski definition) is 7. The van der Waals surface area contributed by atoms with Crippen LogP contribution in [0.5, 0.6) is 0 Å². The van der Waals surface area contributed by atoms with Gasteiger partial charge in [-0.1, -0.05) is 37.3 Å². The number of nitrogens with one attached hydrogen (secondary N) is 1. The summed E-state index contributed by atoms with van der Waals surface area (Å²) >= 11 is 0. The van der Waals surface area contributed by atoms with Gasteiger partial charge in [0.2, 0.25) is 11.6 Å². The van der Waals surface area contributed by atoms with Gasteiger partial charge in [-0.05, 0) is 45.2 Å². The van der Waals surface area contributed by atoms with Gasteiger partial charge in [-0.25, -0.2) is 14.2 Å². The molecule has 1 N–H and O–H groups in total. The second kappa shape index (κ2) is 9.81. The zero-order valence-electron chi connectivity index (χ0n) is 21.8. The third kappa shape index (κ3) is 5.26. The third-order valence-corrected chi connectivity index (χ3v) is 6.47. The topological polar surface area (TPSA) is 113 Å². The van der Waals surface area contributed by atoms with E-state index in [1.54, 1.807) is 0 Å². The Morgan fingerprint density at radius 1 is 1.27 bits per heavy atom. The van der Waals surface area contributed by atoms with Gasteiger partial charge in [0.1, 0.15) is 23.1 Å². The van der Waals surface area contributed by atoms with Crippen LogP contribution in [0.25, 0.3) is 16.8 Å². The number of halogens is 1. The molecule has 0 bridgehead atoms. The largest absolute Gasteiger partial charge is 0.444 e. The highest BCUT2D eigenvalue weighted by atomic mass is 19.1. The Labute approximate surface area is 215 Å². The molecule has 0 spiro atoms. The van der Waals surface area contributed by atoms with Crippen molar-refractivity contribution in [3.8, 4) is 17.2 Å². The predicted octanol–water partition coefficient (Wildman–Crippen LogP) is 4.47. The molecule has 0 aliphatic carbocycles. The van der Waals surface area contributed by atoms with Crippen LogP contribution in [-0.4, -0.2) is 58.4 Å². The molecule has 4 rings (SSSR count). The maximum atomic E-state index is 13.2. The van der Waals surface area contributed by atoms with Crippen molar-refractivity contribution in [3.63, 3.8) is 0 Å². The van der Waals surface area contributed by atoms with Crippen LogP contribution < -0.4 is 10.2 Å². The number of carbonyl (C=O) groups is 2. The predicted molar refractivity (Wildman–Crippen MR) is 137 cm³/mol. The second-order valence-corrected chi connectivity index (χ2v) is 10.7. The van der Waals surface area contributed by atoms with Crippen molar-refractivity contribution < 1.29 is 18.7 Å². The molecule has 1 aliphatic rings. The number of Topliss-reactive ketones (excluding diaryl/α,β-unsaturated/α-hetero) is 1. The molecule has 3 heterocycles. The van der Waals surface area contributed by atoms with Crippen molar-refractivity contribution in [2.24, 2.45) is 5.41 Å². The fraction of sp³-hybridized carbons (Fsp3) is 0.444. The van der Waals surface area contributed by atoms with Gasteiger partial charge in [0.05, 0.1) is 0 Å². The molecule has 3 aromatic rings. The van der Waals surface area contributed by atoms with Crippen molar-refractivity contribution >= 4 is 23.3 Å². The summed E-state index contributed by atoms with van der Waals surface area (Å²) in [6, 6.07) is 11.8. The summed E-state index contributed by atoms with van der Waals surface area (Å²) in [6.07, 6.45) is 0.294. The van der Waals surface area contributed by atoms with Gasteiger partial charge in [0.15, 0.2) is 12.3 Å². The van der Waals surface area contributed by atoms with E-state index < -0.39 is 24.2 Å². The van der Waals surface area contributed by atoms with Gasteiger partial charge in [0.25, 0.3) is 0 Å². The van der Waals surface area contributed by atoms with Crippen molar-refractivity contribution in [2.75, 3.05) is 31.2 Å². The highest BCUT2D eigenvalue weighted by Crippen LogP contribution is 2.41. The second-order valence-electron chi connectivity index (χ2n) is 10.7. The van der Waals surface area contributed by atoms with Gasteiger partial charge in [-0.15, -0.1) is 5.10 Å². The monoisotopic (exact) mass is 506 g/mol. The fourth-order valence-electron chi connectivity index (χ4n) is 4.69. The summed E-state index contributed by atoms with van der Waals surface area (Å²) in [5.41, 5.74) is 1.99. The maximum absolute atomic E-state index is 13.2. The molecule has 2 aromatic heterocycles. The minimum absolute atomic E-state index is 0.215. The van der Waals surface area contributed by atoms with Crippen LogP contribution in [0.4, 0.5) is 15.0 Å². The van der Waals surface area contributed by atoms with Crippen LogP contribution in [0, 0.1) is 23.7 Å². The number of benzene rings is 1. The SMILES string of the molecule is Cc1c(-c2ccccc2)c(N2CC[C@@](C)(CNC(=O)OC(C)(C)C)C2)n2nc(C(=O)CF)nc2c1C#N. The highest BCUT2D eigenvalue weighted by molar-refractivity contribution is 5.95. The Kier molecular flexibility index (Phi) is 6.91. The number of carbonyl (C=O) groups excluding carboxylic acids is 2. The number of anilines is 1. The van der Waals surface area contributed by atoms with Crippen LogP contribution in [0.2, 0.25) is 0 Å². The Bertz CT molecular complexity index is 1390. The van der Waals surface area contributed by atoms with E-state index in [0.29, 0.717) is 31.0 Å². The Morgan fingerprint density at radius 3 is 2.59 bits per heavy atom. The van der Waals surface area contributed by atoms with Crippen LogP contribution >= 0.6 is 0 Å². The first-order valence-electron chi connectivity index (χ1n) is 12.2. The number of amides is 1. The number of fused-ring (bicyclic) bond motifs is 1. The average molecular weight is 507 g/mol. The van der Waals surface area contributed by atoms with Crippen LogP contribution in [-0.2, 0) is 4.74 Å². The lowest BCUT2D eigenvalue weighted by Crippen LogP contribution is -2.40. The van der Waals surface area contributed by atoms with E-state index in [4.69, 9.17) is 4.74 Å². The lowest BCUT2D eigenvalue weighted by Gasteiger charge is -2.28. The van der Waals surface area contributed by atoms with Crippen LogP contribution in [0.3, 0.4) is 0 Å². The first kappa shape index (κ1) is 26.1. The number of ketones is 1. The number of nitriles is 1. The number of alkyl halides is 1. The number of pyridine rings is 1. The molecule has 37 heavy (non-hydrogen) atoms. The molecule has 0 unspecified atom stereocenters. The molecule has 1 aromatic carbocycles. The Morgan fingerprint density at radius 2 is 1.97 bits per heavy atom. The lowest BCUT2D eigenvalue weighted by atomic mass is 9.90. The highest BCUT2D eigenvalue weighted by Gasteiger charge is 2.38. The third-order valence-electron chi connectivity index (χ3n) is 6.47. The molecular formula is C27H31FN6O3. The van der Waals surface area contributed by atoms with E-state index in [1.807, 2.05) is 58.0 Å². The minimum Gasteiger partial charge on any atom is -0.444 e. The average Bonchev–Trinajstić information content (AvgIpc) is 3.46. The number of rotatable bonds is 6. The van der Waals surface area contributed by atoms with E-state index >= 15 is 0 Å². The lowest BCUT2D eigenvalue weighted by molar-refractivity contribution is 0.0507. The van der Waals surface area contributed by atoms with Crippen molar-refractivity contribution in [3.05, 3.63) is 47.3 Å². The minimum atomic E-state index is -1.23. The number of ether oxygens (including phenoxy) is 1. The molecule has 10 heteroatoms. The number of hydrogen-bond donors (Lipinski definition) is 1. The summed E-state index contributed by atoms with van der Waals surface area (Å²) in [5.74, 6) is -0.437. The van der Waals surface area contributed by atoms with E-state index in [1.165, 1.54) is 4.52 Å². The van der Waals surface area contributed by atoms with Crippen LogP contribution in [0.1, 0.15) is 55.9 Å². The summed E-state index contributed by atoms with van der Waals surface area (Å²) in [4.78, 5) is 30.8. The molecular weight excluding hydrogens is 475 g/mol. The van der Waals surface area contributed by atoms with Gasteiger partial charge < -0.3 is 15.0 Å². The molecule has 0 saturated carbocycles. The van der Waals surface area contributed by atoms with E-state index in [9.17, 15) is 19.2 Å². The van der Waals surface area contributed by atoms with Crippen molar-refractivity contribution in [2.45, 2.75) is 46.6 Å². The van der Waals surface area contributed by atoms with E-state index in [0.717, 1.165) is 17.5 Å². The quantitative estimate of drug-likeness (QED) is 0.491. The first-order chi connectivity index (χ1) is 17.5. The van der Waals surface area contributed by atoms with Crippen molar-refractivity contribution in [1.82, 2.24) is 19.9 Å². The molecule has 194 valence electrons. The Hall–Kier alpha value is -4.00. The molecule has 1 fully saturated rings. The van der Waals surface area contributed by atoms with Gasteiger partial charge in [-0.2, -0.15) is 9.78 Å². The molecule has 9 nitrogen and oxygen atoms in total. The van der Waals surface area contributed by atoms with Crippen molar-refractivity contribution in [1.29, 1.82) is 5.26 Å². The summed E-state index contributed by atoms with van der Waals surface area (Å²) in [7, 11) is 0. The zero-order chi connectivity index (χ0) is 27.0. The fourth-order valence-corrected chi connectivity index (χ4v) is 4.69. The molecule has 1 aliphatic heterocycles. The molecule has 1 amide bonds. The molecule has 1 atom stereocenters. The maximum Gasteiger partial charge on any atom is 0.407 e. The van der Waals surface area contributed by atoms with Crippen LogP contribution in [0.15, 0.2) is 30.3 Å². The number of aromatic nitrogens is 3. The van der Waals surface area contributed by atoms with E-state index in [2.05, 4.69) is 33.3 Å². The molecule has 1 saturated heterocycles. The summed E-state index contributed by atoms with van der Waals surface area (Å²) in [5, 5.41) is 17.2.